The van der Waals surface area contributed by atoms with Crippen molar-refractivity contribution in [1.82, 2.24) is 0 Å². The van der Waals surface area contributed by atoms with Gasteiger partial charge in [0.15, 0.2) is 11.6 Å². The number of hydroxylamine groups is 1. The van der Waals surface area contributed by atoms with E-state index in [0.29, 0.717) is 18.9 Å². The molecule has 1 aliphatic carbocycles. The molecule has 4 rings (SSSR count). The highest BCUT2D eigenvalue weighted by Crippen LogP contribution is 2.59. The zero-order valence-electron chi connectivity index (χ0n) is 24.0. The minimum atomic E-state index is -7.20. The van der Waals surface area contributed by atoms with E-state index in [4.69, 9.17) is 4.84 Å². The van der Waals surface area contributed by atoms with Crippen LogP contribution in [0.5, 0.6) is 5.75 Å². The number of carbonyl (C=O) groups is 3. The lowest BCUT2D eigenvalue weighted by Gasteiger charge is -2.36. The summed E-state index contributed by atoms with van der Waals surface area (Å²) in [7, 11) is 0. The van der Waals surface area contributed by atoms with E-state index < -0.39 is 105 Å². The predicted octanol–water partition coefficient (Wildman–Crippen LogP) is 9.02. The SMILES string of the molecule is O=C(Nc1c(Br)cc(C(F)(C(F)(F)F)C(F)(F)C(F)(F)F)cc1OC(F)F)c1cccc(N(OC(=O)C2CC2)C(=O)c2ccc(F)cc2)c1F. The van der Waals surface area contributed by atoms with Crippen LogP contribution in [-0.4, -0.2) is 42.7 Å². The molecule has 1 N–H and O–H groups in total. The maximum absolute atomic E-state index is 15.9. The number of amides is 2. The average molecular weight is 799 g/mol. The summed E-state index contributed by atoms with van der Waals surface area (Å²) in [5.74, 6) is -16.1. The molecule has 1 fully saturated rings. The summed E-state index contributed by atoms with van der Waals surface area (Å²) in [6.07, 6.45) is -13.5. The maximum atomic E-state index is 15.9. The molecule has 0 aliphatic heterocycles. The van der Waals surface area contributed by atoms with Gasteiger partial charge in [-0.1, -0.05) is 6.07 Å². The smallest absolute Gasteiger partial charge is 0.433 e. The molecular formula is C29H16BrF13N2O5. The summed E-state index contributed by atoms with van der Waals surface area (Å²) < 4.78 is 181. The van der Waals surface area contributed by atoms with Gasteiger partial charge in [0, 0.05) is 15.6 Å². The first kappa shape index (κ1) is 38.2. The third kappa shape index (κ3) is 7.31. The largest absolute Gasteiger partial charge is 0.457 e. The molecule has 0 aromatic heterocycles. The Kier molecular flexibility index (Phi) is 10.4. The van der Waals surface area contributed by atoms with Gasteiger partial charge in [0.1, 0.15) is 11.5 Å². The lowest BCUT2D eigenvalue weighted by molar-refractivity contribution is -0.389. The maximum Gasteiger partial charge on any atom is 0.457 e. The zero-order chi connectivity index (χ0) is 37.6. The molecule has 0 spiro atoms. The Bertz CT molecular complexity index is 1800. The second-order valence-electron chi connectivity index (χ2n) is 10.3. The number of hydrogen-bond donors (Lipinski definition) is 1. The second kappa shape index (κ2) is 13.6. The Morgan fingerprint density at radius 1 is 0.860 bits per heavy atom. The van der Waals surface area contributed by atoms with Crippen molar-refractivity contribution >= 4 is 45.1 Å². The van der Waals surface area contributed by atoms with Crippen molar-refractivity contribution in [3.8, 4) is 5.75 Å². The van der Waals surface area contributed by atoms with Crippen LogP contribution in [0.25, 0.3) is 0 Å². The van der Waals surface area contributed by atoms with Gasteiger partial charge in [-0.15, -0.1) is 5.06 Å². The molecule has 1 atom stereocenters. The first-order chi connectivity index (χ1) is 23.0. The standard InChI is InChI=1S/C29H16BrF13N2O5/c30-17-10-14(26(35,28(38,39)40)27(36,37)29(41,42)43)11-19(49-25(33)34)21(17)44-22(46)16-2-1-3-18(20(16)32)45(50-24(48)13-4-5-13)23(47)12-6-8-15(31)9-7-12/h1-3,6-11,13,25H,4-5H2,(H,44,46). The number of benzene rings is 3. The van der Waals surface area contributed by atoms with Gasteiger partial charge in [-0.3, -0.25) is 9.59 Å². The van der Waals surface area contributed by atoms with E-state index in [2.05, 4.69) is 20.7 Å². The molecule has 3 aromatic rings. The summed E-state index contributed by atoms with van der Waals surface area (Å²) in [5.41, 5.74) is -12.8. The molecule has 0 bridgehead atoms. The molecule has 21 heteroatoms. The van der Waals surface area contributed by atoms with Crippen molar-refractivity contribution in [2.45, 2.75) is 43.4 Å². The van der Waals surface area contributed by atoms with Crippen LogP contribution in [0.1, 0.15) is 39.1 Å². The summed E-state index contributed by atoms with van der Waals surface area (Å²) in [6.45, 7) is -4.07. The molecule has 270 valence electrons. The fraction of sp³-hybridized carbons (Fsp3) is 0.276. The summed E-state index contributed by atoms with van der Waals surface area (Å²) in [6, 6.07) is 5.01. The topological polar surface area (TPSA) is 84.9 Å². The van der Waals surface area contributed by atoms with Crippen LogP contribution in [-0.2, 0) is 15.3 Å². The molecule has 1 saturated carbocycles. The van der Waals surface area contributed by atoms with Crippen LogP contribution in [0.15, 0.2) is 59.1 Å². The van der Waals surface area contributed by atoms with Gasteiger partial charge in [0.05, 0.1) is 17.2 Å². The number of nitrogens with one attached hydrogen (secondary N) is 1. The molecular weight excluding hydrogens is 783 g/mol. The highest BCUT2D eigenvalue weighted by atomic mass is 79.9. The molecule has 50 heavy (non-hydrogen) atoms. The quantitative estimate of drug-likeness (QED) is 0.173. The number of ether oxygens (including phenoxy) is 1. The highest BCUT2D eigenvalue weighted by molar-refractivity contribution is 9.10. The van der Waals surface area contributed by atoms with E-state index in [-0.39, 0.29) is 16.7 Å². The summed E-state index contributed by atoms with van der Waals surface area (Å²) in [5, 5.41) is 1.80. The second-order valence-corrected chi connectivity index (χ2v) is 11.2. The number of carbonyl (C=O) groups excluding carboxylic acids is 3. The van der Waals surface area contributed by atoms with E-state index in [1.165, 1.54) is 0 Å². The Balaban J connectivity index is 1.79. The monoisotopic (exact) mass is 798 g/mol. The van der Waals surface area contributed by atoms with E-state index in [1.54, 1.807) is 5.32 Å². The third-order valence-corrected chi connectivity index (χ3v) is 7.52. The highest BCUT2D eigenvalue weighted by Gasteiger charge is 2.81. The van der Waals surface area contributed by atoms with E-state index in [9.17, 15) is 62.7 Å². The lowest BCUT2D eigenvalue weighted by Crippen LogP contribution is -2.59. The molecule has 7 nitrogen and oxygen atoms in total. The zero-order valence-corrected chi connectivity index (χ0v) is 25.6. The van der Waals surface area contributed by atoms with Crippen LogP contribution in [0.2, 0.25) is 0 Å². The van der Waals surface area contributed by atoms with Crippen LogP contribution in [0.3, 0.4) is 0 Å². The van der Waals surface area contributed by atoms with Gasteiger partial charge in [-0.2, -0.15) is 43.9 Å². The van der Waals surface area contributed by atoms with E-state index in [1.807, 2.05) is 0 Å². The molecule has 3 aromatic carbocycles. The Labute approximate surface area is 279 Å². The van der Waals surface area contributed by atoms with Gasteiger partial charge in [-0.25, -0.2) is 18.0 Å². The molecule has 1 unspecified atom stereocenters. The van der Waals surface area contributed by atoms with Crippen molar-refractivity contribution in [2.24, 2.45) is 5.92 Å². The van der Waals surface area contributed by atoms with Crippen LogP contribution < -0.4 is 15.1 Å². The molecule has 2 amide bonds. The lowest BCUT2D eigenvalue weighted by atomic mass is 9.87. The fourth-order valence-electron chi connectivity index (χ4n) is 4.24. The minimum absolute atomic E-state index is 0.120. The van der Waals surface area contributed by atoms with Gasteiger partial charge >= 0.3 is 36.5 Å². The summed E-state index contributed by atoms with van der Waals surface area (Å²) >= 11 is 2.39. The Hall–Kier alpha value is -4.56. The first-order valence-electron chi connectivity index (χ1n) is 13.4. The van der Waals surface area contributed by atoms with Crippen molar-refractivity contribution in [2.75, 3.05) is 10.4 Å². The van der Waals surface area contributed by atoms with Crippen LogP contribution >= 0.6 is 15.9 Å². The van der Waals surface area contributed by atoms with Crippen molar-refractivity contribution in [1.29, 1.82) is 0 Å². The molecule has 0 heterocycles. The molecule has 0 radical (unpaired) electrons. The Morgan fingerprint density at radius 3 is 1.98 bits per heavy atom. The number of nitrogens with zero attached hydrogens (tertiary/aromatic N) is 1. The number of alkyl halides is 11. The van der Waals surface area contributed by atoms with Crippen LogP contribution in [0, 0.1) is 17.6 Å². The fourth-order valence-corrected chi connectivity index (χ4v) is 4.78. The first-order valence-corrected chi connectivity index (χ1v) is 14.2. The normalized spacial score (nSPS) is 14.9. The number of halogens is 14. The van der Waals surface area contributed by atoms with E-state index >= 15 is 8.78 Å². The number of anilines is 2. The van der Waals surface area contributed by atoms with Gasteiger partial charge in [0.2, 0.25) is 0 Å². The van der Waals surface area contributed by atoms with Gasteiger partial charge < -0.3 is 14.9 Å². The van der Waals surface area contributed by atoms with Crippen molar-refractivity contribution in [3.05, 3.63) is 87.4 Å². The van der Waals surface area contributed by atoms with E-state index in [0.717, 1.165) is 36.4 Å². The Morgan fingerprint density at radius 2 is 1.46 bits per heavy atom. The minimum Gasteiger partial charge on any atom is -0.433 e. The van der Waals surface area contributed by atoms with Crippen molar-refractivity contribution < 1.29 is 81.0 Å². The molecule has 1 aliphatic rings. The predicted molar refractivity (Wildman–Crippen MR) is 147 cm³/mol. The third-order valence-electron chi connectivity index (χ3n) is 6.90. The van der Waals surface area contributed by atoms with Crippen LogP contribution in [0.4, 0.5) is 68.5 Å². The van der Waals surface area contributed by atoms with Gasteiger partial charge in [0.25, 0.3) is 11.8 Å². The van der Waals surface area contributed by atoms with Gasteiger partial charge in [-0.05, 0) is 77.3 Å². The van der Waals surface area contributed by atoms with Crippen molar-refractivity contribution in [3.63, 3.8) is 0 Å². The number of rotatable bonds is 9. The average Bonchev–Trinajstić information content (AvgIpc) is 3.86. The number of hydrogen-bond acceptors (Lipinski definition) is 5. The molecule has 0 saturated heterocycles. The summed E-state index contributed by atoms with van der Waals surface area (Å²) in [4.78, 5) is 43.8.